The van der Waals surface area contributed by atoms with E-state index in [1.165, 1.54) is 48.8 Å². The molecule has 0 saturated carbocycles. The molecule has 6 aromatic rings. The standard InChI is InChI=1S/C44H28N6O6/c45-37-25(19-31(49-43(55)23-11-3-1-4-12-23)33-35(37)41(53)29-17-9-7-15-27(29)39(33)51)21-47-48-22-26-20-32(50-44(56)24-13-5-2-6-14-24)34-36(38(26)46)42(54)30-18-10-8-16-28(30)40(34)52/h1-22H,45-46H2,(H,49,55)(H,50,56)/b47-21+,48-22+. The first-order valence-electron chi connectivity index (χ1n) is 17.2. The number of nitrogens with two attached hydrogens (primary N) is 2. The number of aliphatic hydroxyl groups is 2. The molecule has 0 aliphatic heterocycles. The highest BCUT2D eigenvalue weighted by Crippen LogP contribution is 2.40. The van der Waals surface area contributed by atoms with Crippen LogP contribution in [0.2, 0.25) is 0 Å². The lowest BCUT2D eigenvalue weighted by atomic mass is 9.81. The quantitative estimate of drug-likeness (QED) is 0.0571. The molecule has 0 radical (unpaired) electrons. The molecule has 0 aromatic heterocycles. The van der Waals surface area contributed by atoms with Crippen molar-refractivity contribution in [3.63, 3.8) is 0 Å². The molecule has 0 atom stereocenters. The van der Waals surface area contributed by atoms with Crippen molar-refractivity contribution < 1.29 is 29.4 Å². The number of hydrogen-bond acceptors (Lipinski definition) is 10. The van der Waals surface area contributed by atoms with E-state index >= 15 is 0 Å². The summed E-state index contributed by atoms with van der Waals surface area (Å²) in [4.78, 5) is 63.9. The average molecular weight is 737 g/mol. The van der Waals surface area contributed by atoms with Gasteiger partial charge in [0.25, 0.3) is 0 Å². The maximum atomic E-state index is 13.8. The van der Waals surface area contributed by atoms with Gasteiger partial charge in [0.2, 0.25) is 11.8 Å². The van der Waals surface area contributed by atoms with Gasteiger partial charge in [-0.2, -0.15) is 10.2 Å². The molecule has 0 heterocycles. The zero-order valence-corrected chi connectivity index (χ0v) is 29.2. The van der Waals surface area contributed by atoms with Gasteiger partial charge in [0.1, 0.15) is 0 Å². The maximum Gasteiger partial charge on any atom is 0.218 e. The lowest BCUT2D eigenvalue weighted by Gasteiger charge is -2.21. The van der Waals surface area contributed by atoms with E-state index < -0.39 is 34.9 Å². The molecule has 6 N–H and O–H groups in total. The van der Waals surface area contributed by atoms with Crippen LogP contribution >= 0.6 is 0 Å². The van der Waals surface area contributed by atoms with Crippen LogP contribution in [0.15, 0.2) is 142 Å². The van der Waals surface area contributed by atoms with Crippen molar-refractivity contribution in [3.05, 3.63) is 188 Å². The third kappa shape index (κ3) is 5.93. The second-order valence-corrected chi connectivity index (χ2v) is 12.8. The molecular formula is C44H28N6O6. The molecule has 6 aromatic carbocycles. The summed E-state index contributed by atoms with van der Waals surface area (Å²) in [7, 11) is 0. The topological polar surface area (TPSA) is 210 Å². The van der Waals surface area contributed by atoms with E-state index in [0.29, 0.717) is 11.1 Å². The van der Waals surface area contributed by atoms with E-state index in [9.17, 15) is 29.4 Å². The third-order valence-corrected chi connectivity index (χ3v) is 9.48. The van der Waals surface area contributed by atoms with Crippen LogP contribution in [0.25, 0.3) is 0 Å². The lowest BCUT2D eigenvalue weighted by Crippen LogP contribution is -2.23. The van der Waals surface area contributed by atoms with E-state index in [1.54, 1.807) is 84.9 Å². The highest BCUT2D eigenvalue weighted by atomic mass is 16.3. The number of hydrogen-bond donors (Lipinski definition) is 4. The summed E-state index contributed by atoms with van der Waals surface area (Å²) in [6.45, 7) is 0. The molecule has 12 heteroatoms. The van der Waals surface area contributed by atoms with Gasteiger partial charge < -0.3 is 21.7 Å². The van der Waals surface area contributed by atoms with E-state index in [4.69, 9.17) is 11.5 Å². The Morgan fingerprint density at radius 3 is 1.09 bits per heavy atom. The van der Waals surface area contributed by atoms with Crippen LogP contribution in [-0.4, -0.2) is 57.6 Å². The molecule has 2 aliphatic carbocycles. The van der Waals surface area contributed by atoms with Crippen molar-refractivity contribution >= 4 is 70.1 Å². The van der Waals surface area contributed by atoms with Crippen LogP contribution in [-0.2, 0) is 0 Å². The predicted molar refractivity (Wildman–Crippen MR) is 214 cm³/mol. The minimum Gasteiger partial charge on any atom is -0.493 e. The van der Waals surface area contributed by atoms with Crippen molar-refractivity contribution in [2.45, 2.75) is 0 Å². The van der Waals surface area contributed by atoms with E-state index in [0.717, 1.165) is 0 Å². The fourth-order valence-electron chi connectivity index (χ4n) is 6.75. The zero-order chi connectivity index (χ0) is 39.1. The number of fused-ring (bicyclic) bond motifs is 4. The first-order chi connectivity index (χ1) is 27.1. The van der Waals surface area contributed by atoms with Crippen LogP contribution < -0.4 is 11.5 Å². The first kappa shape index (κ1) is 34.9. The summed E-state index contributed by atoms with van der Waals surface area (Å²) in [6, 6.07) is 32.5. The number of ketones is 4. The minimum atomic E-state index is -0.503. The molecule has 56 heavy (non-hydrogen) atoms. The smallest absolute Gasteiger partial charge is 0.218 e. The summed E-state index contributed by atoms with van der Waals surface area (Å²) in [5, 5.41) is 30.2. The summed E-state index contributed by atoms with van der Waals surface area (Å²) in [6.07, 6.45) is 2.48. The van der Waals surface area contributed by atoms with Gasteiger partial charge >= 0.3 is 0 Å². The molecular weight excluding hydrogens is 709 g/mol. The number of aliphatic imine (C=N–C) groups is 2. The Balaban J connectivity index is 1.23. The van der Waals surface area contributed by atoms with Gasteiger partial charge in [0.05, 0.1) is 57.4 Å². The number of nitrogens with zero attached hydrogens (tertiary/aromatic N) is 4. The van der Waals surface area contributed by atoms with Crippen molar-refractivity contribution in [1.82, 2.24) is 0 Å². The Labute approximate surface area is 318 Å². The summed E-state index contributed by atoms with van der Waals surface area (Å²) < 4.78 is 0. The second kappa shape index (κ2) is 14.0. The van der Waals surface area contributed by atoms with Crippen LogP contribution in [0.4, 0.5) is 22.7 Å². The Bertz CT molecular complexity index is 2610. The summed E-state index contributed by atoms with van der Waals surface area (Å²) in [5.74, 6) is -2.77. The van der Waals surface area contributed by atoms with E-state index in [-0.39, 0.29) is 78.4 Å². The van der Waals surface area contributed by atoms with Gasteiger partial charge in [0, 0.05) is 44.5 Å². The SMILES string of the molecule is Nc1c(/C=N/N=C/c2cc(N=C(O)c3ccccc3)c3c(c2N)C(=O)c2ccccc2C3=O)cc(N=C(O)c2ccccc2)c2c1C(=O)c1ccccc1C2=O. The van der Waals surface area contributed by atoms with Crippen molar-refractivity contribution in [1.29, 1.82) is 0 Å². The van der Waals surface area contributed by atoms with Crippen molar-refractivity contribution in [3.8, 4) is 0 Å². The Kier molecular flexibility index (Phi) is 8.75. The van der Waals surface area contributed by atoms with E-state index in [2.05, 4.69) is 20.2 Å². The minimum absolute atomic E-state index is 0.0167. The molecule has 0 spiro atoms. The highest BCUT2D eigenvalue weighted by Gasteiger charge is 2.36. The van der Waals surface area contributed by atoms with Gasteiger partial charge in [-0.05, 0) is 36.4 Å². The largest absolute Gasteiger partial charge is 0.493 e. The number of benzene rings is 6. The Hall–Kier alpha value is -8.12. The maximum absolute atomic E-state index is 13.8. The molecule has 270 valence electrons. The Morgan fingerprint density at radius 2 is 0.750 bits per heavy atom. The molecule has 0 unspecified atom stereocenters. The van der Waals surface area contributed by atoms with Crippen LogP contribution in [0, 0.1) is 0 Å². The molecule has 12 nitrogen and oxygen atoms in total. The zero-order valence-electron chi connectivity index (χ0n) is 29.2. The Morgan fingerprint density at radius 1 is 0.446 bits per heavy atom. The van der Waals surface area contributed by atoms with Crippen molar-refractivity contribution in [2.24, 2.45) is 20.2 Å². The molecule has 0 fully saturated rings. The van der Waals surface area contributed by atoms with Gasteiger partial charge in [-0.15, -0.1) is 0 Å². The number of anilines is 2. The highest BCUT2D eigenvalue weighted by molar-refractivity contribution is 6.33. The molecule has 0 amide bonds. The number of rotatable bonds is 7. The predicted octanol–water partition coefficient (Wildman–Crippen LogP) is 7.13. The third-order valence-electron chi connectivity index (χ3n) is 9.48. The van der Waals surface area contributed by atoms with Gasteiger partial charge in [-0.1, -0.05) is 84.9 Å². The molecule has 8 rings (SSSR count). The summed E-state index contributed by atoms with van der Waals surface area (Å²) >= 11 is 0. The van der Waals surface area contributed by atoms with Crippen LogP contribution in [0.3, 0.4) is 0 Å². The van der Waals surface area contributed by atoms with Crippen LogP contribution in [0.5, 0.6) is 0 Å². The lowest BCUT2D eigenvalue weighted by molar-refractivity contribution is 0.0980. The molecule has 2 aliphatic rings. The number of aliphatic hydroxyl groups excluding tert-OH is 2. The van der Waals surface area contributed by atoms with Gasteiger partial charge in [0.15, 0.2) is 23.1 Å². The van der Waals surface area contributed by atoms with Gasteiger partial charge in [-0.3, -0.25) is 19.2 Å². The summed E-state index contributed by atoms with van der Waals surface area (Å²) in [5.41, 5.74) is 14.4. The fraction of sp³-hybridized carbons (Fsp3) is 0. The van der Waals surface area contributed by atoms with Crippen molar-refractivity contribution in [2.75, 3.05) is 11.5 Å². The monoisotopic (exact) mass is 736 g/mol. The second-order valence-electron chi connectivity index (χ2n) is 12.8. The first-order valence-corrected chi connectivity index (χ1v) is 17.2. The van der Waals surface area contributed by atoms with Crippen LogP contribution in [0.1, 0.15) is 85.9 Å². The number of nitrogen functional groups attached to an aromatic ring is 2. The molecule has 0 bridgehead atoms. The van der Waals surface area contributed by atoms with Gasteiger partial charge in [-0.25, -0.2) is 9.98 Å². The van der Waals surface area contributed by atoms with E-state index in [1.807, 2.05) is 0 Å². The number of carbonyl (C=O) groups is 4. The average Bonchev–Trinajstić information content (AvgIpc) is 3.22. The fourth-order valence-corrected chi connectivity index (χ4v) is 6.75. The molecule has 0 saturated heterocycles. The number of carbonyl (C=O) groups excluding carboxylic acids is 4. The normalized spacial score (nSPS) is 13.9.